The third kappa shape index (κ3) is 3.83. The first kappa shape index (κ1) is 30.4. The Balaban J connectivity index is 1.62. The van der Waals surface area contributed by atoms with Gasteiger partial charge >= 0.3 is 11.9 Å². The van der Waals surface area contributed by atoms with Crippen LogP contribution in [0.25, 0.3) is 0 Å². The molecule has 0 spiro atoms. The van der Waals surface area contributed by atoms with Crippen molar-refractivity contribution in [3.63, 3.8) is 0 Å². The summed E-state index contributed by atoms with van der Waals surface area (Å²) in [4.78, 5) is 39.4. The molecule has 0 saturated heterocycles. The third-order valence-electron chi connectivity index (χ3n) is 13.5. The van der Waals surface area contributed by atoms with E-state index in [0.29, 0.717) is 24.0 Å². The van der Waals surface area contributed by atoms with Crippen LogP contribution in [0.5, 0.6) is 0 Å². The van der Waals surface area contributed by atoms with E-state index in [0.717, 1.165) is 56.1 Å². The highest BCUT2D eigenvalue weighted by Crippen LogP contribution is 2.76. The van der Waals surface area contributed by atoms with Crippen LogP contribution >= 0.6 is 0 Å². The van der Waals surface area contributed by atoms with Crippen molar-refractivity contribution in [1.29, 1.82) is 0 Å². The summed E-state index contributed by atoms with van der Waals surface area (Å²) in [7, 11) is 3.03. The number of hydrogen-bond donors (Lipinski definition) is 0. The maximum atomic E-state index is 13.8. The Hall–Kier alpha value is -2.11. The minimum Gasteiger partial charge on any atom is -0.499 e. The van der Waals surface area contributed by atoms with E-state index in [1.165, 1.54) is 14.0 Å². The molecule has 0 bridgehead atoms. The Morgan fingerprint density at radius 1 is 0.878 bits per heavy atom. The van der Waals surface area contributed by atoms with Gasteiger partial charge in [-0.05, 0) is 96.9 Å². The number of rotatable bonds is 4. The number of carbonyl (C=O) groups excluding carboxylic acids is 3. The second kappa shape index (κ2) is 9.71. The molecule has 0 amide bonds. The lowest BCUT2D eigenvalue weighted by molar-refractivity contribution is -0.233. The quantitative estimate of drug-likeness (QED) is 0.333. The fraction of sp³-hybridized carbons (Fsp3) is 0.800. The molecule has 0 aromatic rings. The smallest absolute Gasteiger partial charge is 0.323 e. The average molecular weight is 569 g/mol. The highest BCUT2D eigenvalue weighted by atomic mass is 16.5. The van der Waals surface area contributed by atoms with Gasteiger partial charge in [0.1, 0.15) is 17.3 Å². The highest BCUT2D eigenvalue weighted by Gasteiger charge is 2.71. The van der Waals surface area contributed by atoms with Crippen LogP contribution in [-0.2, 0) is 28.6 Å². The predicted octanol–water partition coefficient (Wildman–Crippen LogP) is 7.21. The fourth-order valence-corrected chi connectivity index (χ4v) is 11.6. The Bertz CT molecular complexity index is 1210. The van der Waals surface area contributed by atoms with Gasteiger partial charge in [-0.15, -0.1) is 0 Å². The van der Waals surface area contributed by atoms with E-state index >= 15 is 0 Å². The first-order chi connectivity index (χ1) is 19.1. The standard InChI is InChI=1S/C35H52O6/c1-20(2)28-23(37)19-27(39-9)35(30(38)40-10)18-17-33(7)22(29(28)35)11-12-25-32(6)15-14-26(41-21(3)36)31(4,5)24(32)13-16-34(25,33)8/h19-20,22,24-26H,11-18H2,1-10H3/t22-,24+,25-,26+,32+,33-,34-,35-/m1/s1. The molecule has 0 aromatic heterocycles. The number of methoxy groups -OCH3 is 2. The molecule has 4 fully saturated rings. The molecule has 0 radical (unpaired) electrons. The van der Waals surface area contributed by atoms with Crippen LogP contribution in [0, 0.1) is 50.7 Å². The second-order valence-corrected chi connectivity index (χ2v) is 15.5. The molecule has 0 N–H and O–H groups in total. The van der Waals surface area contributed by atoms with Gasteiger partial charge in [0.2, 0.25) is 0 Å². The molecule has 6 heteroatoms. The van der Waals surface area contributed by atoms with Crippen molar-refractivity contribution in [2.24, 2.45) is 50.7 Å². The summed E-state index contributed by atoms with van der Waals surface area (Å²) < 4.78 is 17.2. The Morgan fingerprint density at radius 2 is 1.56 bits per heavy atom. The minimum absolute atomic E-state index is 0.00493. The summed E-state index contributed by atoms with van der Waals surface area (Å²) in [5, 5.41) is 0. The fourth-order valence-electron chi connectivity index (χ4n) is 11.6. The van der Waals surface area contributed by atoms with Gasteiger partial charge in [0.05, 0.1) is 14.2 Å². The van der Waals surface area contributed by atoms with Gasteiger partial charge in [-0.2, -0.15) is 0 Å². The normalized spacial score (nSPS) is 43.2. The van der Waals surface area contributed by atoms with Crippen LogP contribution in [0.4, 0.5) is 0 Å². The molecule has 5 rings (SSSR count). The van der Waals surface area contributed by atoms with Gasteiger partial charge in [-0.25, -0.2) is 0 Å². The van der Waals surface area contributed by atoms with Gasteiger partial charge in [0.25, 0.3) is 0 Å². The van der Waals surface area contributed by atoms with Gasteiger partial charge in [0, 0.05) is 24.0 Å². The number of carbonyl (C=O) groups is 3. The molecule has 6 nitrogen and oxygen atoms in total. The lowest BCUT2D eigenvalue weighted by atomic mass is 9.32. The van der Waals surface area contributed by atoms with Gasteiger partial charge in [-0.3, -0.25) is 14.4 Å². The molecule has 4 saturated carbocycles. The summed E-state index contributed by atoms with van der Waals surface area (Å²) in [5.74, 6) is 1.01. The predicted molar refractivity (Wildman–Crippen MR) is 157 cm³/mol. The van der Waals surface area contributed by atoms with Crippen LogP contribution < -0.4 is 0 Å². The molecule has 0 heterocycles. The number of ketones is 1. The molecular formula is C35H52O6. The van der Waals surface area contributed by atoms with Crippen molar-refractivity contribution in [3.8, 4) is 0 Å². The lowest BCUT2D eigenvalue weighted by Gasteiger charge is -2.72. The summed E-state index contributed by atoms with van der Waals surface area (Å²) >= 11 is 0. The topological polar surface area (TPSA) is 78.9 Å². The zero-order valence-corrected chi connectivity index (χ0v) is 27.1. The van der Waals surface area contributed by atoms with Crippen LogP contribution in [0.3, 0.4) is 0 Å². The molecular weight excluding hydrogens is 516 g/mol. The van der Waals surface area contributed by atoms with Crippen LogP contribution in [0.1, 0.15) is 107 Å². The Morgan fingerprint density at radius 3 is 2.15 bits per heavy atom. The lowest BCUT2D eigenvalue weighted by Crippen LogP contribution is -2.66. The van der Waals surface area contributed by atoms with Crippen molar-refractivity contribution >= 4 is 17.7 Å². The molecule has 0 unspecified atom stereocenters. The number of esters is 2. The number of fused-ring (bicyclic) bond motifs is 7. The van der Waals surface area contributed by atoms with Crippen LogP contribution in [-0.4, -0.2) is 38.0 Å². The molecule has 0 aromatic carbocycles. The average Bonchev–Trinajstić information content (AvgIpc) is 2.89. The number of allylic oxidation sites excluding steroid dienone is 2. The summed E-state index contributed by atoms with van der Waals surface area (Å²) in [5.41, 5.74) is 0.749. The van der Waals surface area contributed by atoms with E-state index in [2.05, 4.69) is 48.5 Å². The maximum absolute atomic E-state index is 13.8. The van der Waals surface area contributed by atoms with E-state index in [1.54, 1.807) is 13.2 Å². The van der Waals surface area contributed by atoms with Gasteiger partial charge in [-0.1, -0.05) is 48.5 Å². The van der Waals surface area contributed by atoms with Crippen LogP contribution in [0.2, 0.25) is 0 Å². The van der Waals surface area contributed by atoms with Gasteiger partial charge < -0.3 is 14.2 Å². The van der Waals surface area contributed by atoms with E-state index < -0.39 is 5.41 Å². The molecule has 0 aliphatic heterocycles. The van der Waals surface area contributed by atoms with Crippen molar-refractivity contribution in [3.05, 3.63) is 23.0 Å². The largest absolute Gasteiger partial charge is 0.499 e. The van der Waals surface area contributed by atoms with Crippen molar-refractivity contribution < 1.29 is 28.6 Å². The molecule has 8 atom stereocenters. The molecule has 228 valence electrons. The zero-order valence-electron chi connectivity index (χ0n) is 27.1. The monoisotopic (exact) mass is 568 g/mol. The van der Waals surface area contributed by atoms with Gasteiger partial charge in [0.15, 0.2) is 5.78 Å². The second-order valence-electron chi connectivity index (χ2n) is 15.5. The first-order valence-corrected chi connectivity index (χ1v) is 15.9. The third-order valence-corrected chi connectivity index (χ3v) is 13.5. The summed E-state index contributed by atoms with van der Waals surface area (Å²) in [6.45, 7) is 17.8. The maximum Gasteiger partial charge on any atom is 0.323 e. The summed E-state index contributed by atoms with van der Waals surface area (Å²) in [6.07, 6.45) is 9.13. The summed E-state index contributed by atoms with van der Waals surface area (Å²) in [6, 6.07) is 0. The van der Waals surface area contributed by atoms with E-state index in [1.807, 2.05) is 0 Å². The van der Waals surface area contributed by atoms with E-state index in [-0.39, 0.29) is 57.3 Å². The van der Waals surface area contributed by atoms with Crippen molar-refractivity contribution in [2.45, 2.75) is 113 Å². The Labute approximate surface area is 247 Å². The molecule has 5 aliphatic rings. The minimum atomic E-state index is -1.03. The Kier molecular flexibility index (Phi) is 7.18. The van der Waals surface area contributed by atoms with E-state index in [4.69, 9.17) is 14.2 Å². The molecule has 5 aliphatic carbocycles. The first-order valence-electron chi connectivity index (χ1n) is 15.9. The SMILES string of the molecule is COC(=O)[C@@]12CC[C@]3(C)[C@H](CC[C@@H]4[C@@]5(C)CC[C@H](OC(C)=O)C(C)(C)[C@@H]5CC[C@]43C)C1=C(C(C)C)C(=O)C=C2OC. The zero-order chi connectivity index (χ0) is 30.3. The van der Waals surface area contributed by atoms with E-state index in [9.17, 15) is 14.4 Å². The van der Waals surface area contributed by atoms with Crippen molar-refractivity contribution in [1.82, 2.24) is 0 Å². The highest BCUT2D eigenvalue weighted by molar-refractivity contribution is 6.09. The van der Waals surface area contributed by atoms with Crippen LogP contribution in [0.15, 0.2) is 23.0 Å². The number of hydrogen-bond acceptors (Lipinski definition) is 6. The number of ether oxygens (including phenoxy) is 3. The van der Waals surface area contributed by atoms with Crippen molar-refractivity contribution in [2.75, 3.05) is 14.2 Å². The molecule has 41 heavy (non-hydrogen) atoms.